The van der Waals surface area contributed by atoms with Gasteiger partial charge in [-0.15, -0.1) is 0 Å². The third-order valence-corrected chi connectivity index (χ3v) is 4.97. The van der Waals surface area contributed by atoms with Gasteiger partial charge in [0.1, 0.15) is 23.5 Å². The minimum Gasteiger partial charge on any atom is -0.477 e. The second kappa shape index (κ2) is 5.49. The van der Waals surface area contributed by atoms with Crippen molar-refractivity contribution in [3.8, 4) is 0 Å². The number of aromatic carboxylic acids is 1. The van der Waals surface area contributed by atoms with Gasteiger partial charge < -0.3 is 15.0 Å². The van der Waals surface area contributed by atoms with E-state index in [9.17, 15) is 9.90 Å². The van der Waals surface area contributed by atoms with Crippen molar-refractivity contribution in [2.75, 3.05) is 11.4 Å². The van der Waals surface area contributed by atoms with Gasteiger partial charge in [-0.05, 0) is 42.2 Å². The van der Waals surface area contributed by atoms with Crippen molar-refractivity contribution in [3.05, 3.63) is 51.9 Å². The number of hydrogen-bond acceptors (Lipinski definition) is 4. The lowest BCUT2D eigenvalue weighted by Crippen LogP contribution is -2.31. The Labute approximate surface area is 143 Å². The number of nitrogens with one attached hydrogen (secondary N) is 1. The molecule has 0 spiro atoms. The summed E-state index contributed by atoms with van der Waals surface area (Å²) in [5, 5.41) is 10.7. The van der Waals surface area contributed by atoms with Crippen molar-refractivity contribution >= 4 is 34.4 Å². The van der Waals surface area contributed by atoms with Gasteiger partial charge in [-0.2, -0.15) is 0 Å². The minimum atomic E-state index is -1.01. The molecule has 1 aromatic carbocycles. The Kier molecular flexibility index (Phi) is 3.42. The van der Waals surface area contributed by atoms with Gasteiger partial charge in [-0.1, -0.05) is 17.7 Å². The van der Waals surface area contributed by atoms with Gasteiger partial charge in [0.05, 0.1) is 5.39 Å². The maximum Gasteiger partial charge on any atom is 0.352 e. The molecule has 2 aromatic heterocycles. The number of aromatic amines is 1. The molecule has 0 radical (unpaired) electrons. The molecule has 24 heavy (non-hydrogen) atoms. The van der Waals surface area contributed by atoms with Gasteiger partial charge in [0.15, 0.2) is 0 Å². The molecule has 1 aliphatic heterocycles. The number of benzene rings is 1. The molecule has 6 nitrogen and oxygen atoms in total. The molecule has 0 saturated carbocycles. The zero-order valence-corrected chi connectivity index (χ0v) is 13.8. The second-order valence-corrected chi connectivity index (χ2v) is 6.34. The van der Waals surface area contributed by atoms with E-state index >= 15 is 0 Å². The third kappa shape index (κ3) is 2.30. The van der Waals surface area contributed by atoms with E-state index in [4.69, 9.17) is 11.6 Å². The lowest BCUT2D eigenvalue weighted by atomic mass is 9.95. The van der Waals surface area contributed by atoms with E-state index in [-0.39, 0.29) is 5.69 Å². The van der Waals surface area contributed by atoms with Crippen LogP contribution in [0, 0.1) is 6.92 Å². The summed E-state index contributed by atoms with van der Waals surface area (Å²) in [6.45, 7) is 3.54. The maximum absolute atomic E-state index is 11.2. The Bertz CT molecular complexity index is 967. The second-order valence-electron chi connectivity index (χ2n) is 5.93. The molecule has 122 valence electrons. The van der Waals surface area contributed by atoms with Gasteiger partial charge in [0.2, 0.25) is 0 Å². The van der Waals surface area contributed by atoms with Crippen molar-refractivity contribution < 1.29 is 9.90 Å². The number of aromatic nitrogens is 3. The summed E-state index contributed by atoms with van der Waals surface area (Å²) in [6.07, 6.45) is 2.36. The van der Waals surface area contributed by atoms with Crippen LogP contribution in [0.5, 0.6) is 0 Å². The Morgan fingerprint density at radius 3 is 3.00 bits per heavy atom. The fourth-order valence-corrected chi connectivity index (χ4v) is 3.42. The number of carboxylic acids is 1. The largest absolute Gasteiger partial charge is 0.477 e. The number of rotatable bonds is 2. The maximum atomic E-state index is 11.2. The molecule has 7 heteroatoms. The van der Waals surface area contributed by atoms with Gasteiger partial charge in [0, 0.05) is 18.1 Å². The molecule has 2 N–H and O–H groups in total. The first kappa shape index (κ1) is 15.0. The number of anilines is 1. The van der Waals surface area contributed by atoms with Crippen LogP contribution in [-0.2, 0) is 13.0 Å². The average molecular weight is 343 g/mol. The smallest absolute Gasteiger partial charge is 0.352 e. The van der Waals surface area contributed by atoms with Crippen LogP contribution in [0.4, 0.5) is 5.82 Å². The number of fused-ring (bicyclic) bond motifs is 2. The van der Waals surface area contributed by atoms with Gasteiger partial charge in [0.25, 0.3) is 0 Å². The average Bonchev–Trinajstić information content (AvgIpc) is 3.02. The third-order valence-electron chi connectivity index (χ3n) is 4.56. The number of carbonyl (C=O) groups is 1. The topological polar surface area (TPSA) is 82.1 Å². The summed E-state index contributed by atoms with van der Waals surface area (Å²) in [5.74, 6) is -0.264. The number of H-pyrrole nitrogens is 1. The van der Waals surface area contributed by atoms with E-state index in [0.717, 1.165) is 34.8 Å². The highest BCUT2D eigenvalue weighted by molar-refractivity contribution is 6.31. The Morgan fingerprint density at radius 1 is 1.38 bits per heavy atom. The Morgan fingerprint density at radius 2 is 2.21 bits per heavy atom. The molecular weight excluding hydrogens is 328 g/mol. The number of carboxylic acid groups (broad SMARTS) is 1. The van der Waals surface area contributed by atoms with Crippen LogP contribution in [0.15, 0.2) is 24.5 Å². The molecule has 0 amide bonds. The zero-order valence-electron chi connectivity index (χ0n) is 13.0. The molecule has 1 aliphatic rings. The molecule has 0 saturated heterocycles. The van der Waals surface area contributed by atoms with Crippen LogP contribution in [0.25, 0.3) is 11.0 Å². The van der Waals surface area contributed by atoms with E-state index < -0.39 is 5.97 Å². The highest BCUT2D eigenvalue weighted by atomic mass is 35.5. The standard InChI is InChI=1S/C17H15ClN4O2/c1-9-12-7-22(5-4-10(12)2-3-13(9)18)16-11-6-14(17(23)24)21-15(11)19-8-20-16/h2-3,6,8H,4-5,7H2,1H3,(H,23,24)(H,19,20,21). The van der Waals surface area contributed by atoms with E-state index in [1.165, 1.54) is 17.5 Å². The van der Waals surface area contributed by atoms with Crippen LogP contribution in [0.3, 0.4) is 0 Å². The summed E-state index contributed by atoms with van der Waals surface area (Å²) in [4.78, 5) is 24.7. The molecule has 0 fully saturated rings. The van der Waals surface area contributed by atoms with Crippen LogP contribution in [-0.4, -0.2) is 32.6 Å². The first-order valence-electron chi connectivity index (χ1n) is 7.63. The highest BCUT2D eigenvalue weighted by Crippen LogP contribution is 2.32. The monoisotopic (exact) mass is 342 g/mol. The van der Waals surface area contributed by atoms with E-state index in [2.05, 4.69) is 25.9 Å². The fraction of sp³-hybridized carbons (Fsp3) is 0.235. The lowest BCUT2D eigenvalue weighted by Gasteiger charge is -2.31. The summed E-state index contributed by atoms with van der Waals surface area (Å²) < 4.78 is 0. The Balaban J connectivity index is 1.78. The van der Waals surface area contributed by atoms with Gasteiger partial charge >= 0.3 is 5.97 Å². The number of halogens is 1. The number of nitrogens with zero attached hydrogens (tertiary/aromatic N) is 3. The molecule has 4 rings (SSSR count). The molecule has 3 heterocycles. The van der Waals surface area contributed by atoms with E-state index in [1.54, 1.807) is 6.07 Å². The summed E-state index contributed by atoms with van der Waals surface area (Å²) >= 11 is 6.26. The van der Waals surface area contributed by atoms with Crippen molar-refractivity contribution in [2.45, 2.75) is 19.9 Å². The molecule has 3 aromatic rings. The van der Waals surface area contributed by atoms with Crippen LogP contribution in [0.2, 0.25) is 5.02 Å². The normalized spacial score (nSPS) is 14.0. The Hall–Kier alpha value is -2.60. The minimum absolute atomic E-state index is 0.114. The first-order valence-corrected chi connectivity index (χ1v) is 8.01. The zero-order chi connectivity index (χ0) is 16.8. The van der Waals surface area contributed by atoms with Crippen molar-refractivity contribution in [3.63, 3.8) is 0 Å². The van der Waals surface area contributed by atoms with E-state index in [0.29, 0.717) is 12.2 Å². The van der Waals surface area contributed by atoms with Crippen molar-refractivity contribution in [1.82, 2.24) is 15.0 Å². The predicted octanol–water partition coefficient (Wildman–Crippen LogP) is 3.18. The molecule has 0 unspecified atom stereocenters. The van der Waals surface area contributed by atoms with E-state index in [1.807, 2.05) is 13.0 Å². The van der Waals surface area contributed by atoms with Crippen LogP contribution in [0.1, 0.15) is 27.2 Å². The quantitative estimate of drug-likeness (QED) is 0.747. The molecule has 0 aliphatic carbocycles. The highest BCUT2D eigenvalue weighted by Gasteiger charge is 2.23. The van der Waals surface area contributed by atoms with Crippen LogP contribution >= 0.6 is 11.6 Å². The fourth-order valence-electron chi connectivity index (χ4n) is 3.24. The summed E-state index contributed by atoms with van der Waals surface area (Å²) in [7, 11) is 0. The lowest BCUT2D eigenvalue weighted by molar-refractivity contribution is 0.0691. The SMILES string of the molecule is Cc1c(Cl)ccc2c1CN(c1ncnc3[nH]c(C(=O)O)cc13)CC2. The van der Waals surface area contributed by atoms with Gasteiger partial charge in [-0.25, -0.2) is 14.8 Å². The van der Waals surface area contributed by atoms with Crippen molar-refractivity contribution in [1.29, 1.82) is 0 Å². The van der Waals surface area contributed by atoms with Crippen molar-refractivity contribution in [2.24, 2.45) is 0 Å². The number of hydrogen-bond donors (Lipinski definition) is 2. The van der Waals surface area contributed by atoms with Gasteiger partial charge in [-0.3, -0.25) is 0 Å². The molecular formula is C17H15ClN4O2. The summed E-state index contributed by atoms with van der Waals surface area (Å²) in [5.41, 5.74) is 4.26. The van der Waals surface area contributed by atoms with Crippen LogP contribution < -0.4 is 4.90 Å². The molecule has 0 atom stereocenters. The molecule has 0 bridgehead atoms. The summed E-state index contributed by atoms with van der Waals surface area (Å²) in [6, 6.07) is 5.61. The first-order chi connectivity index (χ1) is 11.5. The predicted molar refractivity (Wildman–Crippen MR) is 91.8 cm³/mol.